The minimum absolute atomic E-state index is 0.168. The van der Waals surface area contributed by atoms with Gasteiger partial charge >= 0.3 is 0 Å². The van der Waals surface area contributed by atoms with Crippen molar-refractivity contribution in [1.82, 2.24) is 19.7 Å². The monoisotopic (exact) mass is 392 g/mol. The van der Waals surface area contributed by atoms with Gasteiger partial charge in [-0.1, -0.05) is 35.3 Å². The maximum atomic E-state index is 13.3. The molecule has 0 aliphatic carbocycles. The fraction of sp³-hybridized carbons (Fsp3) is 0.167. The zero-order valence-corrected chi connectivity index (χ0v) is 15.4. The third-order valence-electron chi connectivity index (χ3n) is 3.74. The van der Waals surface area contributed by atoms with Gasteiger partial charge in [0, 0.05) is 31.0 Å². The predicted molar refractivity (Wildman–Crippen MR) is 97.4 cm³/mol. The number of amides is 1. The lowest BCUT2D eigenvalue weighted by molar-refractivity contribution is 0.0721. The lowest BCUT2D eigenvalue weighted by Gasteiger charge is -2.22. The van der Waals surface area contributed by atoms with E-state index < -0.39 is 5.82 Å². The fourth-order valence-electron chi connectivity index (χ4n) is 2.50. The maximum absolute atomic E-state index is 13.3. The molecule has 0 fully saturated rings. The van der Waals surface area contributed by atoms with Gasteiger partial charge in [0.25, 0.3) is 5.91 Å². The number of nitrogens with zero attached hydrogens (tertiary/aromatic N) is 4. The summed E-state index contributed by atoms with van der Waals surface area (Å²) in [5.41, 5.74) is 1.46. The van der Waals surface area contributed by atoms with Crippen molar-refractivity contribution in [3.05, 3.63) is 81.6 Å². The molecule has 26 heavy (non-hydrogen) atoms. The van der Waals surface area contributed by atoms with Crippen molar-refractivity contribution >= 4 is 29.1 Å². The zero-order chi connectivity index (χ0) is 18.7. The summed E-state index contributed by atoms with van der Waals surface area (Å²) in [6.07, 6.45) is 3.20. The van der Waals surface area contributed by atoms with Crippen LogP contribution >= 0.6 is 23.2 Å². The molecule has 2 heterocycles. The Balaban J connectivity index is 1.92. The lowest BCUT2D eigenvalue weighted by atomic mass is 10.2. The molecule has 0 saturated carbocycles. The van der Waals surface area contributed by atoms with Crippen LogP contribution in [-0.2, 0) is 20.1 Å². The number of aryl methyl sites for hydroxylation is 1. The van der Waals surface area contributed by atoms with E-state index in [9.17, 15) is 9.18 Å². The number of hydrogen-bond acceptors (Lipinski definition) is 3. The van der Waals surface area contributed by atoms with Crippen molar-refractivity contribution in [2.45, 2.75) is 13.1 Å². The van der Waals surface area contributed by atoms with Crippen LogP contribution in [0.4, 0.5) is 4.39 Å². The molecule has 0 aliphatic heterocycles. The van der Waals surface area contributed by atoms with Crippen molar-refractivity contribution in [2.75, 3.05) is 0 Å². The van der Waals surface area contributed by atoms with Gasteiger partial charge in [0.1, 0.15) is 17.2 Å². The number of hydrogen-bond donors (Lipinski definition) is 0. The molecular weight excluding hydrogens is 378 g/mol. The fourth-order valence-corrected chi connectivity index (χ4v) is 2.97. The Bertz CT molecular complexity index is 930. The summed E-state index contributed by atoms with van der Waals surface area (Å²) in [7, 11) is 1.75. The summed E-state index contributed by atoms with van der Waals surface area (Å²) in [6.45, 7) is 0.338. The number of carbonyl (C=O) groups is 1. The van der Waals surface area contributed by atoms with Gasteiger partial charge < -0.3 is 4.90 Å². The molecular formula is C18H15Cl2FN4O. The number of halogens is 3. The van der Waals surface area contributed by atoms with Crippen molar-refractivity contribution in [2.24, 2.45) is 7.05 Å². The van der Waals surface area contributed by atoms with E-state index in [1.807, 2.05) is 0 Å². The summed E-state index contributed by atoms with van der Waals surface area (Å²) >= 11 is 12.3. The number of aromatic nitrogens is 3. The lowest BCUT2D eigenvalue weighted by Crippen LogP contribution is -2.31. The normalized spacial score (nSPS) is 10.8. The van der Waals surface area contributed by atoms with Crippen LogP contribution < -0.4 is 0 Å². The molecule has 0 saturated heterocycles. The SMILES string of the molecule is Cn1cc(Cl)c(CN(Cc2ccc(F)cc2Cl)C(=O)c2ccccn2)n1. The molecule has 1 amide bonds. The number of pyridine rings is 1. The number of benzene rings is 1. The number of rotatable bonds is 5. The molecule has 0 N–H and O–H groups in total. The van der Waals surface area contributed by atoms with E-state index in [0.717, 1.165) is 0 Å². The summed E-state index contributed by atoms with van der Waals surface area (Å²) < 4.78 is 14.9. The molecule has 1 aromatic carbocycles. The van der Waals surface area contributed by atoms with E-state index in [1.165, 1.54) is 17.0 Å². The highest BCUT2D eigenvalue weighted by Gasteiger charge is 2.21. The van der Waals surface area contributed by atoms with E-state index in [-0.39, 0.29) is 29.7 Å². The Hall–Kier alpha value is -2.44. The zero-order valence-electron chi connectivity index (χ0n) is 13.9. The topological polar surface area (TPSA) is 51.0 Å². The first kappa shape index (κ1) is 18.4. The van der Waals surface area contributed by atoms with Gasteiger partial charge in [-0.3, -0.25) is 14.5 Å². The Kier molecular flexibility index (Phi) is 5.54. The molecule has 0 aliphatic rings. The van der Waals surface area contributed by atoms with Crippen LogP contribution in [0.5, 0.6) is 0 Å². The van der Waals surface area contributed by atoms with Crippen molar-refractivity contribution in [1.29, 1.82) is 0 Å². The van der Waals surface area contributed by atoms with Crippen molar-refractivity contribution in [3.8, 4) is 0 Å². The van der Waals surface area contributed by atoms with E-state index in [2.05, 4.69) is 10.1 Å². The van der Waals surface area contributed by atoms with Gasteiger partial charge in [0.05, 0.1) is 11.6 Å². The van der Waals surface area contributed by atoms with Gasteiger partial charge in [-0.25, -0.2) is 4.39 Å². The number of carbonyl (C=O) groups excluding carboxylic acids is 1. The van der Waals surface area contributed by atoms with Crippen LogP contribution in [0.25, 0.3) is 0 Å². The molecule has 134 valence electrons. The Morgan fingerprint density at radius 3 is 2.62 bits per heavy atom. The van der Waals surface area contributed by atoms with E-state index in [1.54, 1.807) is 48.4 Å². The highest BCUT2D eigenvalue weighted by atomic mass is 35.5. The molecule has 0 unspecified atom stereocenters. The van der Waals surface area contributed by atoms with E-state index in [4.69, 9.17) is 23.2 Å². The smallest absolute Gasteiger partial charge is 0.273 e. The summed E-state index contributed by atoms with van der Waals surface area (Å²) in [5.74, 6) is -0.734. The second-order valence-electron chi connectivity index (χ2n) is 5.71. The summed E-state index contributed by atoms with van der Waals surface area (Å²) in [5, 5.41) is 4.98. The average Bonchev–Trinajstić information content (AvgIpc) is 2.94. The highest BCUT2D eigenvalue weighted by Crippen LogP contribution is 2.22. The van der Waals surface area contributed by atoms with Gasteiger partial charge in [0.2, 0.25) is 0 Å². The van der Waals surface area contributed by atoms with Crippen LogP contribution in [0, 0.1) is 5.82 Å². The third-order valence-corrected chi connectivity index (χ3v) is 4.41. The van der Waals surface area contributed by atoms with Crippen LogP contribution in [0.1, 0.15) is 21.7 Å². The molecule has 3 rings (SSSR count). The van der Waals surface area contributed by atoms with Gasteiger partial charge in [0.15, 0.2) is 0 Å². The minimum Gasteiger partial charge on any atom is -0.327 e. The first-order valence-electron chi connectivity index (χ1n) is 7.76. The van der Waals surface area contributed by atoms with Gasteiger partial charge in [-0.2, -0.15) is 5.10 Å². The Morgan fingerprint density at radius 1 is 1.19 bits per heavy atom. The minimum atomic E-state index is -0.436. The van der Waals surface area contributed by atoms with Crippen LogP contribution in [0.2, 0.25) is 10.0 Å². The highest BCUT2D eigenvalue weighted by molar-refractivity contribution is 6.31. The van der Waals surface area contributed by atoms with E-state index >= 15 is 0 Å². The van der Waals surface area contributed by atoms with Crippen LogP contribution in [0.15, 0.2) is 48.8 Å². The summed E-state index contributed by atoms with van der Waals surface area (Å²) in [6, 6.07) is 9.16. The third kappa shape index (κ3) is 4.20. The van der Waals surface area contributed by atoms with Gasteiger partial charge in [-0.15, -0.1) is 0 Å². The Labute approximate surface area is 160 Å². The molecule has 2 aromatic heterocycles. The predicted octanol–water partition coefficient (Wildman–Crippen LogP) is 4.10. The quantitative estimate of drug-likeness (QED) is 0.656. The standard InChI is InChI=1S/C18H15Cl2FN4O/c1-24-10-15(20)17(23-24)11-25(18(26)16-4-2-3-7-22-16)9-12-5-6-13(21)8-14(12)19/h2-8,10H,9,11H2,1H3. The molecule has 0 spiro atoms. The first-order valence-corrected chi connectivity index (χ1v) is 8.52. The first-order chi connectivity index (χ1) is 12.4. The van der Waals surface area contributed by atoms with Crippen LogP contribution in [-0.4, -0.2) is 25.6 Å². The average molecular weight is 393 g/mol. The maximum Gasteiger partial charge on any atom is 0.273 e. The second kappa shape index (κ2) is 7.85. The molecule has 0 atom stereocenters. The molecule has 0 bridgehead atoms. The molecule has 5 nitrogen and oxygen atoms in total. The molecule has 0 radical (unpaired) electrons. The van der Waals surface area contributed by atoms with Crippen molar-refractivity contribution in [3.63, 3.8) is 0 Å². The molecule has 3 aromatic rings. The Morgan fingerprint density at radius 2 is 2.00 bits per heavy atom. The van der Waals surface area contributed by atoms with Gasteiger partial charge in [-0.05, 0) is 29.8 Å². The van der Waals surface area contributed by atoms with Crippen molar-refractivity contribution < 1.29 is 9.18 Å². The molecule has 8 heteroatoms. The summed E-state index contributed by atoms with van der Waals surface area (Å²) in [4.78, 5) is 18.5. The second-order valence-corrected chi connectivity index (χ2v) is 6.52. The van der Waals surface area contributed by atoms with E-state index in [0.29, 0.717) is 16.3 Å². The largest absolute Gasteiger partial charge is 0.327 e. The van der Waals surface area contributed by atoms with Crippen LogP contribution in [0.3, 0.4) is 0 Å².